The lowest BCUT2D eigenvalue weighted by molar-refractivity contribution is -0.155. The number of nitrogens with one attached hydrogen (secondary N) is 1. The van der Waals surface area contributed by atoms with Crippen LogP contribution in [0.1, 0.15) is 38.1 Å². The topological polar surface area (TPSA) is 91.8 Å². The van der Waals surface area contributed by atoms with Crippen LogP contribution in [0.25, 0.3) is 0 Å². The van der Waals surface area contributed by atoms with Gasteiger partial charge in [0.2, 0.25) is 0 Å². The van der Waals surface area contributed by atoms with E-state index in [-0.39, 0.29) is 5.92 Å². The Labute approximate surface area is 141 Å². The number of carboxylic acids is 1. The number of aliphatic carboxylic acids is 1. The highest BCUT2D eigenvalue weighted by molar-refractivity contribution is 5.83. The second kappa shape index (κ2) is 6.19. The number of aromatic amines is 1. The molecule has 24 heavy (non-hydrogen) atoms. The molecule has 126 valence electrons. The lowest BCUT2D eigenvalue weighted by Crippen LogP contribution is -2.59. The van der Waals surface area contributed by atoms with Crippen LogP contribution in [0, 0.1) is 11.3 Å². The molecule has 0 saturated carbocycles. The number of carboxylic acid groups (broad SMARTS) is 1. The number of benzene rings is 1. The molecule has 1 aromatic carbocycles. The van der Waals surface area contributed by atoms with Gasteiger partial charge in [0.15, 0.2) is 5.82 Å². The molecule has 0 spiro atoms. The number of allylic oxidation sites excluding steroid dienone is 1. The van der Waals surface area contributed by atoms with Crippen molar-refractivity contribution in [2.45, 2.75) is 38.5 Å². The fraction of sp³-hybridized carbons (Fsp3) is 0.444. The van der Waals surface area contributed by atoms with Gasteiger partial charge in [-0.25, -0.2) is 0 Å². The third-order valence-electron chi connectivity index (χ3n) is 5.29. The predicted molar refractivity (Wildman–Crippen MR) is 89.3 cm³/mol. The number of carbonyl (C=O) groups is 1. The summed E-state index contributed by atoms with van der Waals surface area (Å²) >= 11 is 0. The highest BCUT2D eigenvalue weighted by Crippen LogP contribution is 2.58. The van der Waals surface area contributed by atoms with Crippen LogP contribution >= 0.6 is 0 Å². The normalized spacial score (nSPS) is 26.8. The molecule has 3 unspecified atom stereocenters. The Hall–Kier alpha value is -2.50. The van der Waals surface area contributed by atoms with Crippen LogP contribution < -0.4 is 0 Å². The molecule has 1 aromatic heterocycles. The summed E-state index contributed by atoms with van der Waals surface area (Å²) in [5.74, 6) is -0.418. The fourth-order valence-electron chi connectivity index (χ4n) is 4.01. The molecule has 3 atom stereocenters. The molecule has 6 nitrogen and oxygen atoms in total. The molecule has 6 heteroatoms. The third kappa shape index (κ3) is 2.25. The first-order valence-corrected chi connectivity index (χ1v) is 8.28. The SMILES string of the molecule is CCCC(C)C1(C(=O)O)C=CC1(Cc1ccccc1)c1nn[nH]n1. The monoisotopic (exact) mass is 326 g/mol. The molecule has 0 saturated heterocycles. The van der Waals surface area contributed by atoms with Gasteiger partial charge in [0.1, 0.15) is 5.41 Å². The van der Waals surface area contributed by atoms with Crippen molar-refractivity contribution in [1.29, 1.82) is 0 Å². The van der Waals surface area contributed by atoms with Crippen molar-refractivity contribution in [3.05, 3.63) is 53.9 Å². The number of tetrazole rings is 1. The van der Waals surface area contributed by atoms with Crippen LogP contribution in [-0.2, 0) is 16.6 Å². The molecule has 3 rings (SSSR count). The van der Waals surface area contributed by atoms with Crippen molar-refractivity contribution in [2.75, 3.05) is 0 Å². The van der Waals surface area contributed by atoms with Gasteiger partial charge in [0, 0.05) is 0 Å². The van der Waals surface area contributed by atoms with Gasteiger partial charge in [-0.2, -0.15) is 5.21 Å². The molecule has 0 aliphatic heterocycles. The van der Waals surface area contributed by atoms with E-state index in [2.05, 4.69) is 27.5 Å². The van der Waals surface area contributed by atoms with E-state index in [0.717, 1.165) is 18.4 Å². The summed E-state index contributed by atoms with van der Waals surface area (Å²) in [7, 11) is 0. The van der Waals surface area contributed by atoms with Crippen molar-refractivity contribution < 1.29 is 9.90 Å². The van der Waals surface area contributed by atoms with E-state index in [1.54, 1.807) is 0 Å². The van der Waals surface area contributed by atoms with E-state index < -0.39 is 16.8 Å². The quantitative estimate of drug-likeness (QED) is 0.763. The van der Waals surface area contributed by atoms with E-state index in [1.807, 2.05) is 49.4 Å². The molecule has 0 amide bonds. The molecule has 1 aliphatic rings. The maximum absolute atomic E-state index is 12.4. The Balaban J connectivity index is 2.12. The van der Waals surface area contributed by atoms with E-state index in [1.165, 1.54) is 0 Å². The summed E-state index contributed by atoms with van der Waals surface area (Å²) in [5.41, 5.74) is -0.759. The Morgan fingerprint density at radius 3 is 2.54 bits per heavy atom. The molecule has 2 N–H and O–H groups in total. The maximum Gasteiger partial charge on any atom is 0.315 e. The van der Waals surface area contributed by atoms with Gasteiger partial charge in [-0.05, 0) is 24.3 Å². The predicted octanol–water partition coefficient (Wildman–Crippen LogP) is 2.76. The van der Waals surface area contributed by atoms with Crippen molar-refractivity contribution in [2.24, 2.45) is 11.3 Å². The lowest BCUT2D eigenvalue weighted by Gasteiger charge is -2.52. The highest BCUT2D eigenvalue weighted by Gasteiger charge is 2.64. The minimum atomic E-state index is -1.03. The number of H-pyrrole nitrogens is 1. The highest BCUT2D eigenvalue weighted by atomic mass is 16.4. The molecular weight excluding hydrogens is 304 g/mol. The number of rotatable bonds is 7. The largest absolute Gasteiger partial charge is 0.481 e. The number of hydrogen-bond acceptors (Lipinski definition) is 4. The zero-order valence-electron chi connectivity index (χ0n) is 13.9. The van der Waals surface area contributed by atoms with Crippen molar-refractivity contribution >= 4 is 5.97 Å². The van der Waals surface area contributed by atoms with Crippen LogP contribution in [0.4, 0.5) is 0 Å². The minimum Gasteiger partial charge on any atom is -0.481 e. The molecule has 0 radical (unpaired) electrons. The zero-order valence-corrected chi connectivity index (χ0v) is 13.9. The standard InChI is InChI=1S/C18H22N4O2/c1-3-7-13(2)18(16(23)24)11-10-17(18,15-19-21-22-20-15)12-14-8-5-4-6-9-14/h4-6,8-11,13H,3,7,12H2,1-2H3,(H,23,24)(H,19,20,21,22). The second-order valence-corrected chi connectivity index (χ2v) is 6.57. The summed E-state index contributed by atoms with van der Waals surface area (Å²) in [6, 6.07) is 9.88. The smallest absolute Gasteiger partial charge is 0.315 e. The average molecular weight is 326 g/mol. The van der Waals surface area contributed by atoms with Crippen LogP contribution in [0.3, 0.4) is 0 Å². The van der Waals surface area contributed by atoms with Crippen molar-refractivity contribution in [1.82, 2.24) is 20.6 Å². The van der Waals surface area contributed by atoms with Crippen LogP contribution in [0.2, 0.25) is 0 Å². The first-order chi connectivity index (χ1) is 11.6. The number of aromatic nitrogens is 4. The molecule has 2 aromatic rings. The average Bonchev–Trinajstić information content (AvgIpc) is 3.07. The lowest BCUT2D eigenvalue weighted by atomic mass is 9.48. The Bertz CT molecular complexity index is 729. The van der Waals surface area contributed by atoms with Gasteiger partial charge >= 0.3 is 5.97 Å². The van der Waals surface area contributed by atoms with Crippen molar-refractivity contribution in [3.63, 3.8) is 0 Å². The second-order valence-electron chi connectivity index (χ2n) is 6.57. The van der Waals surface area contributed by atoms with E-state index in [0.29, 0.717) is 12.2 Å². The molecule has 0 bridgehead atoms. The Morgan fingerprint density at radius 2 is 2.04 bits per heavy atom. The summed E-state index contributed by atoms with van der Waals surface area (Å²) in [6.45, 7) is 4.07. The van der Waals surface area contributed by atoms with Gasteiger partial charge in [0.25, 0.3) is 0 Å². The zero-order chi connectivity index (χ0) is 17.2. The van der Waals surface area contributed by atoms with Gasteiger partial charge in [0.05, 0.1) is 5.41 Å². The summed E-state index contributed by atoms with van der Waals surface area (Å²) < 4.78 is 0. The van der Waals surface area contributed by atoms with E-state index in [4.69, 9.17) is 0 Å². The third-order valence-corrected chi connectivity index (χ3v) is 5.29. The molecule has 0 fully saturated rings. The number of hydrogen-bond donors (Lipinski definition) is 2. The van der Waals surface area contributed by atoms with Crippen molar-refractivity contribution in [3.8, 4) is 0 Å². The molecule has 1 aliphatic carbocycles. The van der Waals surface area contributed by atoms with Crippen LogP contribution in [-0.4, -0.2) is 31.7 Å². The summed E-state index contributed by atoms with van der Waals surface area (Å²) in [4.78, 5) is 12.4. The maximum atomic E-state index is 12.4. The fourth-order valence-corrected chi connectivity index (χ4v) is 4.01. The summed E-state index contributed by atoms with van der Waals surface area (Å²) in [5, 5.41) is 24.6. The van der Waals surface area contributed by atoms with E-state index >= 15 is 0 Å². The first kappa shape index (κ1) is 16.4. The Morgan fingerprint density at radius 1 is 1.29 bits per heavy atom. The first-order valence-electron chi connectivity index (χ1n) is 8.28. The van der Waals surface area contributed by atoms with Crippen LogP contribution in [0.15, 0.2) is 42.5 Å². The van der Waals surface area contributed by atoms with Gasteiger partial charge in [-0.1, -0.05) is 68.0 Å². The van der Waals surface area contributed by atoms with E-state index in [9.17, 15) is 9.90 Å². The minimum absolute atomic E-state index is 0.0350. The number of nitrogens with zero attached hydrogens (tertiary/aromatic N) is 3. The van der Waals surface area contributed by atoms with Gasteiger partial charge in [-0.15, -0.1) is 10.2 Å². The van der Waals surface area contributed by atoms with Gasteiger partial charge < -0.3 is 5.11 Å². The summed E-state index contributed by atoms with van der Waals surface area (Å²) in [6.07, 6.45) is 6.03. The van der Waals surface area contributed by atoms with Gasteiger partial charge in [-0.3, -0.25) is 4.79 Å². The molecular formula is C18H22N4O2. The molecule has 1 heterocycles. The Kier molecular flexibility index (Phi) is 4.22. The van der Waals surface area contributed by atoms with Crippen LogP contribution in [0.5, 0.6) is 0 Å².